The molecule has 1 fully saturated rings. The standard InChI is InChI=1S/C24H24FN7S/c1-15-20(13-29-32(15)19-5-7-30(2)8-6-19)16-9-23(24-17(11-26)12-28-31(24)14-16)33-22-10-18(25)3-4-21(22)27/h3-4,9-10,12-14,19H,5-8,27H2,1-2H3. The summed E-state index contributed by atoms with van der Waals surface area (Å²) in [4.78, 5) is 3.72. The number of anilines is 1. The van der Waals surface area contributed by atoms with Crippen LogP contribution in [0.5, 0.6) is 0 Å². The molecule has 4 aromatic rings. The van der Waals surface area contributed by atoms with Gasteiger partial charge in [-0.15, -0.1) is 0 Å². The second-order valence-corrected chi connectivity index (χ2v) is 9.55. The Morgan fingerprint density at radius 1 is 1.15 bits per heavy atom. The number of rotatable bonds is 4. The molecule has 0 unspecified atom stereocenters. The third kappa shape index (κ3) is 3.96. The van der Waals surface area contributed by atoms with Gasteiger partial charge in [0, 0.05) is 38.5 Å². The van der Waals surface area contributed by atoms with Gasteiger partial charge in [0.1, 0.15) is 11.9 Å². The summed E-state index contributed by atoms with van der Waals surface area (Å²) >= 11 is 1.33. The van der Waals surface area contributed by atoms with E-state index in [9.17, 15) is 9.65 Å². The first kappa shape index (κ1) is 21.5. The van der Waals surface area contributed by atoms with E-state index >= 15 is 0 Å². The Morgan fingerprint density at radius 3 is 2.70 bits per heavy atom. The first-order valence-corrected chi connectivity index (χ1v) is 11.6. The number of fused-ring (bicyclic) bond motifs is 1. The van der Waals surface area contributed by atoms with Gasteiger partial charge in [0.15, 0.2) is 0 Å². The molecule has 1 saturated heterocycles. The summed E-state index contributed by atoms with van der Waals surface area (Å²) in [5, 5.41) is 18.7. The van der Waals surface area contributed by atoms with Crippen LogP contribution in [0.1, 0.15) is 30.1 Å². The number of nitrogen functional groups attached to an aromatic ring is 1. The summed E-state index contributed by atoms with van der Waals surface area (Å²) in [5.74, 6) is -0.358. The predicted octanol–water partition coefficient (Wildman–Crippen LogP) is 4.52. The van der Waals surface area contributed by atoms with Crippen molar-refractivity contribution in [2.24, 2.45) is 0 Å². The van der Waals surface area contributed by atoms with Crippen molar-refractivity contribution >= 4 is 23.0 Å². The number of hydrogen-bond donors (Lipinski definition) is 1. The molecule has 0 spiro atoms. The normalized spacial score (nSPS) is 15.2. The van der Waals surface area contributed by atoms with E-state index in [4.69, 9.17) is 10.8 Å². The molecule has 0 radical (unpaired) electrons. The number of likely N-dealkylation sites (tertiary alicyclic amines) is 1. The number of nitrogens with two attached hydrogens (primary N) is 1. The topological polar surface area (TPSA) is 88.2 Å². The molecule has 4 heterocycles. The van der Waals surface area contributed by atoms with Crippen LogP contribution in [0.3, 0.4) is 0 Å². The van der Waals surface area contributed by atoms with E-state index in [1.165, 1.54) is 23.9 Å². The minimum atomic E-state index is -0.358. The van der Waals surface area contributed by atoms with Crippen molar-refractivity contribution in [2.45, 2.75) is 35.6 Å². The molecule has 9 heteroatoms. The zero-order valence-electron chi connectivity index (χ0n) is 18.5. The first-order valence-electron chi connectivity index (χ1n) is 10.8. The summed E-state index contributed by atoms with van der Waals surface area (Å²) < 4.78 is 17.7. The second-order valence-electron chi connectivity index (χ2n) is 8.46. The highest BCUT2D eigenvalue weighted by Gasteiger charge is 2.23. The molecule has 168 valence electrons. The Hall–Kier alpha value is -3.35. The maximum Gasteiger partial charge on any atom is 0.124 e. The smallest absolute Gasteiger partial charge is 0.124 e. The van der Waals surface area contributed by atoms with Crippen LogP contribution in [-0.4, -0.2) is 44.4 Å². The highest BCUT2D eigenvalue weighted by Crippen LogP contribution is 2.39. The fraction of sp³-hybridized carbons (Fsp3) is 0.292. The zero-order valence-corrected chi connectivity index (χ0v) is 19.3. The molecule has 7 nitrogen and oxygen atoms in total. The Bertz CT molecular complexity index is 1380. The molecule has 2 N–H and O–H groups in total. The number of piperidine rings is 1. The lowest BCUT2D eigenvalue weighted by molar-refractivity contribution is 0.210. The fourth-order valence-corrected chi connectivity index (χ4v) is 5.50. The number of benzene rings is 1. The fourth-order valence-electron chi connectivity index (χ4n) is 4.42. The van der Waals surface area contributed by atoms with Crippen molar-refractivity contribution in [3.05, 3.63) is 59.9 Å². The third-order valence-corrected chi connectivity index (χ3v) is 7.39. The summed E-state index contributed by atoms with van der Waals surface area (Å²) in [5.41, 5.74) is 10.8. The van der Waals surface area contributed by atoms with E-state index in [-0.39, 0.29) is 5.82 Å². The number of nitrogens with zero attached hydrogens (tertiary/aromatic N) is 6. The van der Waals surface area contributed by atoms with Gasteiger partial charge >= 0.3 is 0 Å². The zero-order chi connectivity index (χ0) is 23.1. The van der Waals surface area contributed by atoms with Crippen LogP contribution in [0, 0.1) is 24.1 Å². The van der Waals surface area contributed by atoms with E-state index < -0.39 is 0 Å². The van der Waals surface area contributed by atoms with E-state index in [1.807, 2.05) is 18.5 Å². The molecule has 33 heavy (non-hydrogen) atoms. The summed E-state index contributed by atoms with van der Waals surface area (Å²) in [7, 11) is 2.15. The number of halogens is 1. The maximum atomic E-state index is 13.9. The molecule has 0 bridgehead atoms. The van der Waals surface area contributed by atoms with Gasteiger partial charge in [-0.05, 0) is 64.2 Å². The Morgan fingerprint density at radius 2 is 1.94 bits per heavy atom. The quantitative estimate of drug-likeness (QED) is 0.450. The molecular formula is C24H24FN7S. The molecule has 0 atom stereocenters. The Balaban J connectivity index is 1.59. The second kappa shape index (κ2) is 8.54. The lowest BCUT2D eigenvalue weighted by Crippen LogP contribution is -2.32. The van der Waals surface area contributed by atoms with Crippen LogP contribution in [0.15, 0.2) is 52.6 Å². The minimum Gasteiger partial charge on any atom is -0.398 e. The first-order chi connectivity index (χ1) is 15.9. The lowest BCUT2D eigenvalue weighted by Gasteiger charge is -2.29. The lowest BCUT2D eigenvalue weighted by atomic mass is 10.0. The van der Waals surface area contributed by atoms with Crippen LogP contribution >= 0.6 is 11.8 Å². The molecule has 0 amide bonds. The van der Waals surface area contributed by atoms with Gasteiger partial charge in [0.25, 0.3) is 0 Å². The largest absolute Gasteiger partial charge is 0.398 e. The van der Waals surface area contributed by atoms with Gasteiger partial charge in [-0.1, -0.05) is 11.8 Å². The van der Waals surface area contributed by atoms with Crippen molar-refractivity contribution in [3.8, 4) is 17.2 Å². The molecule has 1 aliphatic rings. The molecule has 3 aromatic heterocycles. The highest BCUT2D eigenvalue weighted by atomic mass is 32.2. The van der Waals surface area contributed by atoms with Crippen molar-refractivity contribution in [1.82, 2.24) is 24.3 Å². The van der Waals surface area contributed by atoms with Crippen LogP contribution in [-0.2, 0) is 0 Å². The predicted molar refractivity (Wildman–Crippen MR) is 127 cm³/mol. The molecular weight excluding hydrogens is 437 g/mol. The highest BCUT2D eigenvalue weighted by molar-refractivity contribution is 7.99. The molecule has 5 rings (SSSR count). The number of hydrogen-bond acceptors (Lipinski definition) is 6. The van der Waals surface area contributed by atoms with Crippen LogP contribution in [0.25, 0.3) is 16.6 Å². The average Bonchev–Trinajstić information content (AvgIpc) is 3.40. The summed E-state index contributed by atoms with van der Waals surface area (Å²) in [6.45, 7) is 4.21. The molecule has 0 saturated carbocycles. The van der Waals surface area contributed by atoms with Gasteiger partial charge in [0.05, 0.1) is 29.5 Å². The number of pyridine rings is 1. The average molecular weight is 462 g/mol. The maximum absolute atomic E-state index is 13.9. The monoisotopic (exact) mass is 461 g/mol. The van der Waals surface area contributed by atoms with E-state index in [0.29, 0.717) is 27.7 Å². The Labute approximate surface area is 195 Å². The van der Waals surface area contributed by atoms with Crippen molar-refractivity contribution < 1.29 is 4.39 Å². The number of nitriles is 1. The van der Waals surface area contributed by atoms with Crippen molar-refractivity contribution in [3.63, 3.8) is 0 Å². The van der Waals surface area contributed by atoms with Gasteiger partial charge in [-0.3, -0.25) is 4.68 Å². The van der Waals surface area contributed by atoms with E-state index in [0.717, 1.165) is 47.6 Å². The van der Waals surface area contributed by atoms with Crippen LogP contribution < -0.4 is 5.73 Å². The van der Waals surface area contributed by atoms with E-state index in [2.05, 4.69) is 34.7 Å². The molecule has 1 aromatic carbocycles. The summed E-state index contributed by atoms with van der Waals surface area (Å²) in [6, 6.07) is 8.90. The third-order valence-electron chi connectivity index (χ3n) is 6.28. The van der Waals surface area contributed by atoms with Gasteiger partial charge in [-0.25, -0.2) is 8.91 Å². The van der Waals surface area contributed by atoms with Crippen molar-refractivity contribution in [1.29, 1.82) is 5.26 Å². The van der Waals surface area contributed by atoms with E-state index in [1.54, 1.807) is 16.8 Å². The van der Waals surface area contributed by atoms with Crippen LogP contribution in [0.4, 0.5) is 10.1 Å². The summed E-state index contributed by atoms with van der Waals surface area (Å²) in [6.07, 6.45) is 7.50. The van der Waals surface area contributed by atoms with Gasteiger partial charge in [-0.2, -0.15) is 15.5 Å². The number of aromatic nitrogens is 4. The van der Waals surface area contributed by atoms with Gasteiger partial charge < -0.3 is 10.6 Å². The molecule has 1 aliphatic heterocycles. The minimum absolute atomic E-state index is 0.358. The Kier molecular flexibility index (Phi) is 5.56. The van der Waals surface area contributed by atoms with Crippen molar-refractivity contribution in [2.75, 3.05) is 25.9 Å². The van der Waals surface area contributed by atoms with Crippen LogP contribution in [0.2, 0.25) is 0 Å². The van der Waals surface area contributed by atoms with Gasteiger partial charge in [0.2, 0.25) is 0 Å². The molecule has 0 aliphatic carbocycles. The SMILES string of the molecule is Cc1c(-c2cc(Sc3cc(F)ccc3N)c3c(C#N)cnn3c2)cnn1C1CCN(C)CC1.